The Morgan fingerprint density at radius 1 is 1.00 bits per heavy atom. The normalized spacial score (nSPS) is 16.2. The van der Waals surface area contributed by atoms with Crippen LogP contribution in [0.25, 0.3) is 11.1 Å². The second-order valence-electron chi connectivity index (χ2n) is 8.61. The quantitative estimate of drug-likeness (QED) is 0.463. The van der Waals surface area contributed by atoms with Crippen molar-refractivity contribution in [2.24, 2.45) is 0 Å². The minimum atomic E-state index is -0.843. The number of likely N-dealkylation sites (N-methyl/N-ethyl adjacent to an activating group) is 1. The van der Waals surface area contributed by atoms with E-state index in [-0.39, 0.29) is 5.91 Å². The molecule has 4 rings (SSSR count). The third kappa shape index (κ3) is 5.45. The summed E-state index contributed by atoms with van der Waals surface area (Å²) < 4.78 is 0. The van der Waals surface area contributed by atoms with Crippen LogP contribution >= 0.6 is 0 Å². The Morgan fingerprint density at radius 2 is 1.75 bits per heavy atom. The summed E-state index contributed by atoms with van der Waals surface area (Å²) in [5.41, 5.74) is 7.04. The maximum Gasteiger partial charge on any atom is 0.253 e. The molecule has 4 nitrogen and oxygen atoms in total. The van der Waals surface area contributed by atoms with Gasteiger partial charge >= 0.3 is 0 Å². The average molecular weight is 429 g/mol. The molecule has 0 saturated carbocycles. The van der Waals surface area contributed by atoms with E-state index in [0.717, 1.165) is 36.8 Å². The number of fused-ring (bicyclic) bond motifs is 1. The van der Waals surface area contributed by atoms with E-state index in [1.54, 1.807) is 12.1 Å². The lowest BCUT2D eigenvalue weighted by atomic mass is 9.84. The van der Waals surface area contributed by atoms with Gasteiger partial charge in [0.25, 0.3) is 5.91 Å². The standard InChI is InChI=1S/C28H32N2O2/c1-29-25-17-18-26-22(9-5-11-24(26)19-25)10-6-12-27(31)30-28(32)23-15-13-21(14-16-23)20-7-3-2-4-8-20/h2-5,7-9,11,13-16,25,27,29,31H,6,10,12,17-19H2,1H3,(H,30,32). The van der Waals surface area contributed by atoms with E-state index >= 15 is 0 Å². The third-order valence-corrected chi connectivity index (χ3v) is 6.46. The first kappa shape index (κ1) is 22.3. The van der Waals surface area contributed by atoms with Gasteiger partial charge < -0.3 is 15.7 Å². The number of aliphatic hydroxyl groups excluding tert-OH is 1. The Hall–Kier alpha value is -2.95. The van der Waals surface area contributed by atoms with Crippen LogP contribution in [0.3, 0.4) is 0 Å². The molecule has 3 aromatic rings. The van der Waals surface area contributed by atoms with Crippen molar-refractivity contribution < 1.29 is 9.90 Å². The number of hydrogen-bond donors (Lipinski definition) is 3. The Bertz CT molecular complexity index is 1030. The van der Waals surface area contributed by atoms with Crippen molar-refractivity contribution in [1.82, 2.24) is 10.6 Å². The Balaban J connectivity index is 1.27. The van der Waals surface area contributed by atoms with Gasteiger partial charge in [-0.1, -0.05) is 60.7 Å². The monoisotopic (exact) mass is 428 g/mol. The highest BCUT2D eigenvalue weighted by atomic mass is 16.3. The van der Waals surface area contributed by atoms with E-state index in [1.807, 2.05) is 49.5 Å². The second kappa shape index (κ2) is 10.6. The Labute approximate surface area is 190 Å². The van der Waals surface area contributed by atoms with Gasteiger partial charge in [-0.3, -0.25) is 4.79 Å². The van der Waals surface area contributed by atoms with Crippen molar-refractivity contribution in [3.63, 3.8) is 0 Å². The van der Waals surface area contributed by atoms with Gasteiger partial charge in [-0.15, -0.1) is 0 Å². The van der Waals surface area contributed by atoms with Crippen LogP contribution < -0.4 is 10.6 Å². The molecule has 0 aromatic heterocycles. The molecule has 0 fully saturated rings. The lowest BCUT2D eigenvalue weighted by molar-refractivity contribution is 0.0760. The number of rotatable bonds is 8. The van der Waals surface area contributed by atoms with Gasteiger partial charge in [-0.25, -0.2) is 0 Å². The molecular weight excluding hydrogens is 396 g/mol. The molecule has 32 heavy (non-hydrogen) atoms. The molecule has 0 aliphatic heterocycles. The fraction of sp³-hybridized carbons (Fsp3) is 0.321. The molecule has 0 saturated heterocycles. The average Bonchev–Trinajstić information content (AvgIpc) is 2.84. The molecule has 2 unspecified atom stereocenters. The summed E-state index contributed by atoms with van der Waals surface area (Å²) in [6.07, 6.45) is 4.81. The first-order valence-corrected chi connectivity index (χ1v) is 11.6. The fourth-order valence-electron chi connectivity index (χ4n) is 4.60. The minimum Gasteiger partial charge on any atom is -0.374 e. The van der Waals surface area contributed by atoms with Crippen molar-refractivity contribution in [2.75, 3.05) is 7.05 Å². The van der Waals surface area contributed by atoms with Gasteiger partial charge in [-0.2, -0.15) is 0 Å². The van der Waals surface area contributed by atoms with E-state index in [4.69, 9.17) is 0 Å². The summed E-state index contributed by atoms with van der Waals surface area (Å²) in [5, 5.41) is 16.5. The maximum absolute atomic E-state index is 12.5. The third-order valence-electron chi connectivity index (χ3n) is 6.46. The van der Waals surface area contributed by atoms with Crippen LogP contribution in [0.4, 0.5) is 0 Å². The lowest BCUT2D eigenvalue weighted by Crippen LogP contribution is -2.34. The van der Waals surface area contributed by atoms with Crippen molar-refractivity contribution in [3.8, 4) is 11.1 Å². The van der Waals surface area contributed by atoms with E-state index in [9.17, 15) is 9.90 Å². The smallest absolute Gasteiger partial charge is 0.253 e. The van der Waals surface area contributed by atoms with Crippen LogP contribution in [0, 0.1) is 0 Å². The first-order valence-electron chi connectivity index (χ1n) is 11.6. The fourth-order valence-corrected chi connectivity index (χ4v) is 4.60. The van der Waals surface area contributed by atoms with Crippen molar-refractivity contribution in [3.05, 3.63) is 95.1 Å². The van der Waals surface area contributed by atoms with Crippen molar-refractivity contribution in [1.29, 1.82) is 0 Å². The molecule has 166 valence electrons. The summed E-state index contributed by atoms with van der Waals surface area (Å²) in [5.74, 6) is -0.243. The molecule has 0 bridgehead atoms. The number of aryl methyl sites for hydroxylation is 1. The van der Waals surface area contributed by atoms with E-state index in [2.05, 4.69) is 28.8 Å². The molecule has 3 N–H and O–H groups in total. The van der Waals surface area contributed by atoms with Crippen LogP contribution in [0.1, 0.15) is 46.3 Å². The molecule has 2 atom stereocenters. The summed E-state index contributed by atoms with van der Waals surface area (Å²) >= 11 is 0. The number of aliphatic hydroxyl groups is 1. The predicted octanol–water partition coefficient (Wildman–Crippen LogP) is 4.50. The molecule has 4 heteroatoms. The number of carbonyl (C=O) groups is 1. The van der Waals surface area contributed by atoms with E-state index < -0.39 is 6.23 Å². The number of nitrogens with one attached hydrogen (secondary N) is 2. The second-order valence-corrected chi connectivity index (χ2v) is 8.61. The maximum atomic E-state index is 12.5. The van der Waals surface area contributed by atoms with Gasteiger partial charge in [0, 0.05) is 11.6 Å². The van der Waals surface area contributed by atoms with Crippen LogP contribution in [0.2, 0.25) is 0 Å². The molecule has 1 aliphatic rings. The summed E-state index contributed by atoms with van der Waals surface area (Å²) in [6.45, 7) is 0. The zero-order chi connectivity index (χ0) is 22.3. The SMILES string of the molecule is CNC1CCc2c(CCCC(O)NC(=O)c3ccc(-c4ccccc4)cc3)cccc2C1. The number of carbonyl (C=O) groups excluding carboxylic acids is 1. The summed E-state index contributed by atoms with van der Waals surface area (Å²) in [6, 6.07) is 24.7. The molecule has 1 aliphatic carbocycles. The zero-order valence-corrected chi connectivity index (χ0v) is 18.7. The largest absolute Gasteiger partial charge is 0.374 e. The minimum absolute atomic E-state index is 0.243. The summed E-state index contributed by atoms with van der Waals surface area (Å²) in [4.78, 5) is 12.5. The van der Waals surface area contributed by atoms with Gasteiger partial charge in [0.1, 0.15) is 6.23 Å². The van der Waals surface area contributed by atoms with Crippen LogP contribution in [0.15, 0.2) is 72.8 Å². The molecular formula is C28H32N2O2. The van der Waals surface area contributed by atoms with Gasteiger partial charge in [0.15, 0.2) is 0 Å². The lowest BCUT2D eigenvalue weighted by Gasteiger charge is -2.26. The van der Waals surface area contributed by atoms with Crippen molar-refractivity contribution in [2.45, 2.75) is 50.8 Å². The van der Waals surface area contributed by atoms with Crippen LogP contribution in [0.5, 0.6) is 0 Å². The highest BCUT2D eigenvalue weighted by Crippen LogP contribution is 2.26. The van der Waals surface area contributed by atoms with Gasteiger partial charge in [-0.05, 0) is 85.5 Å². The van der Waals surface area contributed by atoms with Crippen LogP contribution in [-0.2, 0) is 19.3 Å². The summed E-state index contributed by atoms with van der Waals surface area (Å²) in [7, 11) is 2.03. The molecule has 0 radical (unpaired) electrons. The molecule has 3 aromatic carbocycles. The first-order chi connectivity index (χ1) is 15.6. The zero-order valence-electron chi connectivity index (χ0n) is 18.7. The van der Waals surface area contributed by atoms with E-state index in [0.29, 0.717) is 18.0 Å². The highest BCUT2D eigenvalue weighted by Gasteiger charge is 2.19. The predicted molar refractivity (Wildman–Crippen MR) is 130 cm³/mol. The highest BCUT2D eigenvalue weighted by molar-refractivity contribution is 5.94. The van der Waals surface area contributed by atoms with Gasteiger partial charge in [0.05, 0.1) is 0 Å². The van der Waals surface area contributed by atoms with Crippen LogP contribution in [-0.4, -0.2) is 30.3 Å². The Kier molecular flexibility index (Phi) is 7.35. The number of hydrogen-bond acceptors (Lipinski definition) is 3. The van der Waals surface area contributed by atoms with Gasteiger partial charge in [0.2, 0.25) is 0 Å². The molecule has 0 spiro atoms. The number of amides is 1. The topological polar surface area (TPSA) is 61.4 Å². The Morgan fingerprint density at radius 3 is 2.50 bits per heavy atom. The van der Waals surface area contributed by atoms with Crippen molar-refractivity contribution >= 4 is 5.91 Å². The molecule has 0 heterocycles. The number of benzene rings is 3. The molecule has 1 amide bonds. The van der Waals surface area contributed by atoms with E-state index in [1.165, 1.54) is 23.1 Å².